The van der Waals surface area contributed by atoms with Crippen LogP contribution in [0.2, 0.25) is 0 Å². The standard InChI is InChI=1S/C8H9NO2/c1-2-11-8-5-7(6-10)3-4-9-8/h3-6H,2H2,1H3. The van der Waals surface area contributed by atoms with Gasteiger partial charge in [0.05, 0.1) is 6.61 Å². The number of pyridine rings is 1. The summed E-state index contributed by atoms with van der Waals surface area (Å²) in [6.45, 7) is 2.44. The van der Waals surface area contributed by atoms with Gasteiger partial charge in [-0.1, -0.05) is 0 Å². The van der Waals surface area contributed by atoms with E-state index in [1.807, 2.05) is 6.92 Å². The molecule has 0 atom stereocenters. The third-order valence-electron chi connectivity index (χ3n) is 1.19. The summed E-state index contributed by atoms with van der Waals surface area (Å²) in [5.41, 5.74) is 0.587. The lowest BCUT2D eigenvalue weighted by molar-refractivity contribution is 0.112. The van der Waals surface area contributed by atoms with Crippen LogP contribution in [-0.2, 0) is 0 Å². The normalized spacial score (nSPS) is 9.18. The first-order valence-electron chi connectivity index (χ1n) is 3.41. The minimum Gasteiger partial charge on any atom is -0.478 e. The summed E-state index contributed by atoms with van der Waals surface area (Å²) in [6.07, 6.45) is 2.32. The summed E-state index contributed by atoms with van der Waals surface area (Å²) in [6, 6.07) is 3.24. The summed E-state index contributed by atoms with van der Waals surface area (Å²) in [5, 5.41) is 0. The van der Waals surface area contributed by atoms with Crippen LogP contribution >= 0.6 is 0 Å². The van der Waals surface area contributed by atoms with E-state index in [-0.39, 0.29) is 0 Å². The maximum atomic E-state index is 10.3. The van der Waals surface area contributed by atoms with Crippen molar-refractivity contribution in [2.24, 2.45) is 0 Å². The van der Waals surface area contributed by atoms with Crippen LogP contribution in [0.15, 0.2) is 18.3 Å². The summed E-state index contributed by atoms with van der Waals surface area (Å²) in [7, 11) is 0. The van der Waals surface area contributed by atoms with Crippen LogP contribution in [0.4, 0.5) is 0 Å². The zero-order chi connectivity index (χ0) is 8.10. The molecule has 3 nitrogen and oxygen atoms in total. The van der Waals surface area contributed by atoms with Gasteiger partial charge < -0.3 is 4.74 Å². The van der Waals surface area contributed by atoms with Crippen molar-refractivity contribution in [2.45, 2.75) is 6.92 Å². The van der Waals surface area contributed by atoms with Crippen molar-refractivity contribution < 1.29 is 9.53 Å². The van der Waals surface area contributed by atoms with Gasteiger partial charge in [0, 0.05) is 17.8 Å². The minimum atomic E-state index is 0.497. The monoisotopic (exact) mass is 151 g/mol. The Morgan fingerprint density at radius 1 is 1.73 bits per heavy atom. The number of ether oxygens (including phenoxy) is 1. The van der Waals surface area contributed by atoms with E-state index >= 15 is 0 Å². The topological polar surface area (TPSA) is 39.2 Å². The molecule has 0 saturated carbocycles. The van der Waals surface area contributed by atoms with Crippen LogP contribution in [0.1, 0.15) is 17.3 Å². The first-order chi connectivity index (χ1) is 5.36. The second kappa shape index (κ2) is 3.71. The molecule has 1 rings (SSSR count). The molecule has 0 aliphatic rings. The zero-order valence-electron chi connectivity index (χ0n) is 6.28. The number of nitrogens with zero attached hydrogens (tertiary/aromatic N) is 1. The van der Waals surface area contributed by atoms with Gasteiger partial charge in [0.2, 0.25) is 5.88 Å². The van der Waals surface area contributed by atoms with Gasteiger partial charge in [-0.3, -0.25) is 4.79 Å². The van der Waals surface area contributed by atoms with Gasteiger partial charge >= 0.3 is 0 Å². The number of hydrogen-bond acceptors (Lipinski definition) is 3. The minimum absolute atomic E-state index is 0.497. The van der Waals surface area contributed by atoms with Crippen LogP contribution in [0.5, 0.6) is 5.88 Å². The third kappa shape index (κ3) is 2.04. The van der Waals surface area contributed by atoms with E-state index in [1.54, 1.807) is 18.3 Å². The summed E-state index contributed by atoms with van der Waals surface area (Å²) in [4.78, 5) is 14.2. The molecule has 0 amide bonds. The van der Waals surface area contributed by atoms with Gasteiger partial charge in [-0.25, -0.2) is 4.98 Å². The molecule has 1 aromatic rings. The molecule has 11 heavy (non-hydrogen) atoms. The fourth-order valence-electron chi connectivity index (χ4n) is 0.725. The van der Waals surface area contributed by atoms with Crippen molar-refractivity contribution in [1.82, 2.24) is 4.98 Å². The number of rotatable bonds is 3. The van der Waals surface area contributed by atoms with Crippen LogP contribution < -0.4 is 4.74 Å². The Balaban J connectivity index is 2.82. The highest BCUT2D eigenvalue weighted by Crippen LogP contribution is 2.06. The van der Waals surface area contributed by atoms with Crippen LogP contribution in [0.25, 0.3) is 0 Å². The van der Waals surface area contributed by atoms with E-state index < -0.39 is 0 Å². The Morgan fingerprint density at radius 3 is 3.18 bits per heavy atom. The average molecular weight is 151 g/mol. The predicted molar refractivity (Wildman–Crippen MR) is 40.8 cm³/mol. The number of aldehydes is 1. The fourth-order valence-corrected chi connectivity index (χ4v) is 0.725. The first-order valence-corrected chi connectivity index (χ1v) is 3.41. The van der Waals surface area contributed by atoms with Crippen LogP contribution in [0.3, 0.4) is 0 Å². The molecule has 1 aromatic heterocycles. The largest absolute Gasteiger partial charge is 0.478 e. The Kier molecular flexibility index (Phi) is 2.60. The molecule has 0 aliphatic carbocycles. The Hall–Kier alpha value is -1.38. The molecule has 0 spiro atoms. The second-order valence-electron chi connectivity index (χ2n) is 1.98. The lowest BCUT2D eigenvalue weighted by Gasteiger charge is -1.99. The molecule has 1 heterocycles. The molecule has 0 bridgehead atoms. The molecule has 58 valence electrons. The molecular formula is C8H9NO2. The zero-order valence-corrected chi connectivity index (χ0v) is 6.28. The summed E-state index contributed by atoms with van der Waals surface area (Å²) in [5.74, 6) is 0.497. The second-order valence-corrected chi connectivity index (χ2v) is 1.98. The molecule has 0 radical (unpaired) electrons. The summed E-state index contributed by atoms with van der Waals surface area (Å²) >= 11 is 0. The van der Waals surface area contributed by atoms with Crippen molar-refractivity contribution in [1.29, 1.82) is 0 Å². The van der Waals surface area contributed by atoms with Crippen molar-refractivity contribution in [2.75, 3.05) is 6.61 Å². The number of carbonyl (C=O) groups excluding carboxylic acids is 1. The van der Waals surface area contributed by atoms with E-state index in [4.69, 9.17) is 4.74 Å². The van der Waals surface area contributed by atoms with Gasteiger partial charge in [-0.05, 0) is 13.0 Å². The van der Waals surface area contributed by atoms with E-state index in [0.29, 0.717) is 18.1 Å². The molecule has 0 aliphatic heterocycles. The molecule has 3 heteroatoms. The maximum Gasteiger partial charge on any atom is 0.213 e. The van der Waals surface area contributed by atoms with E-state index in [1.165, 1.54) is 0 Å². The average Bonchev–Trinajstić information content (AvgIpc) is 2.06. The smallest absolute Gasteiger partial charge is 0.213 e. The quantitative estimate of drug-likeness (QED) is 0.611. The van der Waals surface area contributed by atoms with Gasteiger partial charge in [0.1, 0.15) is 6.29 Å². The number of aromatic nitrogens is 1. The Labute approximate surface area is 65.0 Å². The van der Waals surface area contributed by atoms with Crippen molar-refractivity contribution >= 4 is 6.29 Å². The number of carbonyl (C=O) groups is 1. The van der Waals surface area contributed by atoms with Gasteiger partial charge in [0.25, 0.3) is 0 Å². The highest BCUT2D eigenvalue weighted by Gasteiger charge is 1.94. The SMILES string of the molecule is CCOc1cc(C=O)ccn1. The molecule has 0 saturated heterocycles. The lowest BCUT2D eigenvalue weighted by atomic mass is 10.3. The highest BCUT2D eigenvalue weighted by atomic mass is 16.5. The molecule has 0 fully saturated rings. The van der Waals surface area contributed by atoms with Crippen molar-refractivity contribution in [3.8, 4) is 5.88 Å². The molecule has 0 unspecified atom stereocenters. The molecule has 0 aromatic carbocycles. The molecular weight excluding hydrogens is 142 g/mol. The van der Waals surface area contributed by atoms with Gasteiger partial charge in [-0.15, -0.1) is 0 Å². The van der Waals surface area contributed by atoms with Crippen molar-refractivity contribution in [3.63, 3.8) is 0 Å². The Bertz CT molecular complexity index is 248. The highest BCUT2D eigenvalue weighted by molar-refractivity contribution is 5.74. The fraction of sp³-hybridized carbons (Fsp3) is 0.250. The van der Waals surface area contributed by atoms with Crippen molar-refractivity contribution in [3.05, 3.63) is 23.9 Å². The van der Waals surface area contributed by atoms with E-state index in [9.17, 15) is 4.79 Å². The third-order valence-corrected chi connectivity index (χ3v) is 1.19. The van der Waals surface area contributed by atoms with Crippen LogP contribution in [0, 0.1) is 0 Å². The van der Waals surface area contributed by atoms with E-state index in [0.717, 1.165) is 6.29 Å². The summed E-state index contributed by atoms with van der Waals surface area (Å²) < 4.78 is 5.08. The predicted octanol–water partition coefficient (Wildman–Crippen LogP) is 1.29. The number of hydrogen-bond donors (Lipinski definition) is 0. The van der Waals surface area contributed by atoms with Crippen LogP contribution in [-0.4, -0.2) is 17.9 Å². The maximum absolute atomic E-state index is 10.3. The Morgan fingerprint density at radius 2 is 2.55 bits per heavy atom. The first kappa shape index (κ1) is 7.72. The van der Waals surface area contributed by atoms with Gasteiger partial charge in [0.15, 0.2) is 0 Å². The van der Waals surface area contributed by atoms with Gasteiger partial charge in [-0.2, -0.15) is 0 Å². The molecule has 0 N–H and O–H groups in total. The van der Waals surface area contributed by atoms with E-state index in [2.05, 4.69) is 4.98 Å². The lowest BCUT2D eigenvalue weighted by Crippen LogP contribution is -1.94.